The fraction of sp³-hybridized carbons (Fsp3) is 0. The van der Waals surface area contributed by atoms with Gasteiger partial charge in [-0.2, -0.15) is 0 Å². The van der Waals surface area contributed by atoms with Crippen LogP contribution in [0.5, 0.6) is 0 Å². The summed E-state index contributed by atoms with van der Waals surface area (Å²) >= 11 is 0. The van der Waals surface area contributed by atoms with Crippen molar-refractivity contribution < 1.29 is 8.83 Å². The molecule has 7 aromatic carbocycles. The Hall–Kier alpha value is -6.92. The molecule has 0 aliphatic heterocycles. The molecule has 0 unspecified atom stereocenters. The van der Waals surface area contributed by atoms with Crippen LogP contribution >= 0.6 is 0 Å². The average molecular weight is 643 g/mol. The summed E-state index contributed by atoms with van der Waals surface area (Å²) < 4.78 is 13.1. The molecule has 0 atom stereocenters. The molecule has 0 bridgehead atoms. The maximum atomic E-state index is 6.64. The van der Waals surface area contributed by atoms with Crippen LogP contribution < -0.4 is 0 Å². The van der Waals surface area contributed by atoms with Crippen LogP contribution in [-0.2, 0) is 0 Å². The molecule has 3 heterocycles. The monoisotopic (exact) mass is 642 g/mol. The summed E-state index contributed by atoms with van der Waals surface area (Å²) in [5.41, 5.74) is 8.23. The molecular formula is C44H26N4O2. The molecule has 6 heteroatoms. The third-order valence-electron chi connectivity index (χ3n) is 9.14. The van der Waals surface area contributed by atoms with E-state index in [-0.39, 0.29) is 0 Å². The van der Waals surface area contributed by atoms with Gasteiger partial charge in [0.2, 0.25) is 5.89 Å². The number of oxazole rings is 1. The maximum absolute atomic E-state index is 6.64. The van der Waals surface area contributed by atoms with Gasteiger partial charge in [0.1, 0.15) is 16.7 Å². The van der Waals surface area contributed by atoms with Gasteiger partial charge in [0.05, 0.1) is 5.56 Å². The highest BCUT2D eigenvalue weighted by Gasteiger charge is 2.25. The SMILES string of the molecule is c1ccc(-c2cccc(-c3nc(-c4ccc5ccccc5c4)nc(-c4c5oc(-c6ccccc6)nc5cc5oc6ccccc6c45)n3)c2)cc1. The molecule has 0 N–H and O–H groups in total. The largest absolute Gasteiger partial charge is 0.456 e. The lowest BCUT2D eigenvalue weighted by Gasteiger charge is -2.11. The van der Waals surface area contributed by atoms with E-state index < -0.39 is 0 Å². The first kappa shape index (κ1) is 28.1. The van der Waals surface area contributed by atoms with E-state index in [4.69, 9.17) is 28.8 Å². The van der Waals surface area contributed by atoms with Crippen molar-refractivity contribution in [1.29, 1.82) is 0 Å². The molecule has 0 saturated heterocycles. The van der Waals surface area contributed by atoms with Gasteiger partial charge in [-0.25, -0.2) is 19.9 Å². The van der Waals surface area contributed by atoms with Crippen molar-refractivity contribution in [3.63, 3.8) is 0 Å². The van der Waals surface area contributed by atoms with Crippen LogP contribution in [0.25, 0.3) is 101 Å². The van der Waals surface area contributed by atoms with E-state index in [1.54, 1.807) is 0 Å². The van der Waals surface area contributed by atoms with Gasteiger partial charge in [0.15, 0.2) is 23.1 Å². The lowest BCUT2D eigenvalue weighted by atomic mass is 10.0. The molecule has 0 spiro atoms. The van der Waals surface area contributed by atoms with Gasteiger partial charge < -0.3 is 8.83 Å². The average Bonchev–Trinajstić information content (AvgIpc) is 3.79. The van der Waals surface area contributed by atoms with E-state index in [1.165, 1.54) is 0 Å². The number of rotatable bonds is 5. The predicted octanol–water partition coefficient (Wildman–Crippen LogP) is 11.4. The van der Waals surface area contributed by atoms with Crippen molar-refractivity contribution in [3.8, 4) is 56.7 Å². The summed E-state index contributed by atoms with van der Waals surface area (Å²) in [5, 5.41) is 4.06. The zero-order valence-corrected chi connectivity index (χ0v) is 26.6. The molecule has 234 valence electrons. The topological polar surface area (TPSA) is 77.8 Å². The van der Waals surface area contributed by atoms with Gasteiger partial charge in [-0.3, -0.25) is 0 Å². The molecule has 0 saturated carbocycles. The van der Waals surface area contributed by atoms with Crippen LogP contribution in [-0.4, -0.2) is 19.9 Å². The highest BCUT2D eigenvalue weighted by Crippen LogP contribution is 2.43. The minimum atomic E-state index is 0.473. The normalized spacial score (nSPS) is 11.6. The van der Waals surface area contributed by atoms with E-state index in [9.17, 15) is 0 Å². The molecule has 50 heavy (non-hydrogen) atoms. The molecule has 0 fully saturated rings. The van der Waals surface area contributed by atoms with E-state index in [2.05, 4.69) is 60.7 Å². The summed E-state index contributed by atoms with van der Waals surface area (Å²) in [7, 11) is 0. The number of hydrogen-bond donors (Lipinski definition) is 0. The van der Waals surface area contributed by atoms with Crippen LogP contribution in [0.15, 0.2) is 167 Å². The van der Waals surface area contributed by atoms with E-state index >= 15 is 0 Å². The maximum Gasteiger partial charge on any atom is 0.227 e. The summed E-state index contributed by atoms with van der Waals surface area (Å²) in [6, 6.07) is 53.1. The van der Waals surface area contributed by atoms with Gasteiger partial charge in [-0.05, 0) is 52.2 Å². The molecule has 0 aliphatic carbocycles. The first-order valence-electron chi connectivity index (χ1n) is 16.5. The van der Waals surface area contributed by atoms with Crippen molar-refractivity contribution in [2.75, 3.05) is 0 Å². The van der Waals surface area contributed by atoms with Crippen LogP contribution in [0.1, 0.15) is 0 Å². The summed E-state index contributed by atoms with van der Waals surface area (Å²) in [6.45, 7) is 0. The summed E-state index contributed by atoms with van der Waals surface area (Å²) in [6.07, 6.45) is 0. The Balaban J connectivity index is 1.28. The van der Waals surface area contributed by atoms with Crippen molar-refractivity contribution in [2.24, 2.45) is 0 Å². The highest BCUT2D eigenvalue weighted by atomic mass is 16.4. The first-order valence-corrected chi connectivity index (χ1v) is 16.5. The van der Waals surface area contributed by atoms with Crippen LogP contribution in [0.4, 0.5) is 0 Å². The van der Waals surface area contributed by atoms with Gasteiger partial charge in [0, 0.05) is 33.5 Å². The fourth-order valence-corrected chi connectivity index (χ4v) is 6.73. The van der Waals surface area contributed by atoms with Gasteiger partial charge in [-0.1, -0.05) is 121 Å². The van der Waals surface area contributed by atoms with Crippen molar-refractivity contribution in [1.82, 2.24) is 19.9 Å². The molecule has 10 aromatic rings. The van der Waals surface area contributed by atoms with Gasteiger partial charge in [-0.15, -0.1) is 0 Å². The molecule has 0 aliphatic rings. The highest BCUT2D eigenvalue weighted by molar-refractivity contribution is 6.18. The molecule has 6 nitrogen and oxygen atoms in total. The predicted molar refractivity (Wildman–Crippen MR) is 199 cm³/mol. The molecule has 3 aromatic heterocycles. The minimum absolute atomic E-state index is 0.473. The number of furan rings is 1. The first-order chi connectivity index (χ1) is 24.7. The molecular weight excluding hydrogens is 617 g/mol. The van der Waals surface area contributed by atoms with Crippen molar-refractivity contribution >= 4 is 43.8 Å². The third kappa shape index (κ3) is 4.73. The lowest BCUT2D eigenvalue weighted by molar-refractivity contribution is 0.620. The second kappa shape index (κ2) is 11.4. The standard InChI is InChI=1S/C44H26N4O2/c1-3-12-27(13-4-1)31-18-11-19-32(24-31)41-46-42(33-23-22-28-14-7-8-17-30(28)25-33)48-43(47-41)39-38-34-20-9-10-21-36(34)49-37(38)26-35-40(39)50-44(45-35)29-15-5-2-6-16-29/h1-26H. The Morgan fingerprint density at radius 1 is 0.380 bits per heavy atom. The van der Waals surface area contributed by atoms with Crippen LogP contribution in [0, 0.1) is 0 Å². The second-order valence-electron chi connectivity index (χ2n) is 12.3. The summed E-state index contributed by atoms with van der Waals surface area (Å²) in [4.78, 5) is 20.5. The number of fused-ring (bicyclic) bond motifs is 5. The van der Waals surface area contributed by atoms with Gasteiger partial charge in [0.25, 0.3) is 0 Å². The number of nitrogens with zero attached hydrogens (tertiary/aromatic N) is 4. The third-order valence-corrected chi connectivity index (χ3v) is 9.14. The van der Waals surface area contributed by atoms with Crippen LogP contribution in [0.3, 0.4) is 0 Å². The zero-order chi connectivity index (χ0) is 33.0. The number of aromatic nitrogens is 4. The quantitative estimate of drug-likeness (QED) is 0.186. The van der Waals surface area contributed by atoms with Crippen LogP contribution in [0.2, 0.25) is 0 Å². The molecule has 0 radical (unpaired) electrons. The van der Waals surface area contributed by atoms with Gasteiger partial charge >= 0.3 is 0 Å². The van der Waals surface area contributed by atoms with E-state index in [1.807, 2.05) is 97.1 Å². The Morgan fingerprint density at radius 2 is 1.02 bits per heavy atom. The Kier molecular flexibility index (Phi) is 6.39. The Bertz CT molecular complexity index is 2880. The summed E-state index contributed by atoms with van der Waals surface area (Å²) in [5.74, 6) is 2.10. The molecule has 10 rings (SSSR count). The molecule has 0 amide bonds. The van der Waals surface area contributed by atoms with E-state index in [0.29, 0.717) is 45.6 Å². The number of benzene rings is 7. The minimum Gasteiger partial charge on any atom is -0.456 e. The number of hydrogen-bond acceptors (Lipinski definition) is 6. The second-order valence-corrected chi connectivity index (χ2v) is 12.3. The Labute approximate surface area is 286 Å². The fourth-order valence-electron chi connectivity index (χ4n) is 6.73. The number of para-hydroxylation sites is 1. The van der Waals surface area contributed by atoms with Crippen molar-refractivity contribution in [2.45, 2.75) is 0 Å². The lowest BCUT2D eigenvalue weighted by Crippen LogP contribution is -2.01. The Morgan fingerprint density at radius 3 is 1.84 bits per heavy atom. The van der Waals surface area contributed by atoms with E-state index in [0.717, 1.165) is 54.9 Å². The zero-order valence-electron chi connectivity index (χ0n) is 26.6. The van der Waals surface area contributed by atoms with Crippen molar-refractivity contribution in [3.05, 3.63) is 158 Å². The smallest absolute Gasteiger partial charge is 0.227 e.